The third kappa shape index (κ3) is 2.80. The van der Waals surface area contributed by atoms with Crippen LogP contribution < -0.4 is 5.73 Å². The molecule has 3 heterocycles. The Balaban J connectivity index is 1.63. The highest BCUT2D eigenvalue weighted by Gasteiger charge is 2.40. The van der Waals surface area contributed by atoms with Crippen molar-refractivity contribution >= 4 is 22.4 Å². The van der Waals surface area contributed by atoms with Gasteiger partial charge in [0, 0.05) is 30.1 Å². The van der Waals surface area contributed by atoms with Crippen LogP contribution in [0, 0.1) is 0 Å². The number of anilines is 1. The fourth-order valence-electron chi connectivity index (χ4n) is 3.60. The Labute approximate surface area is 149 Å². The van der Waals surface area contributed by atoms with Gasteiger partial charge in [0.25, 0.3) is 5.91 Å². The van der Waals surface area contributed by atoms with Crippen LogP contribution in [0.25, 0.3) is 0 Å². The highest BCUT2D eigenvalue weighted by atomic mass is 32.1. The van der Waals surface area contributed by atoms with Crippen molar-refractivity contribution in [3.8, 4) is 0 Å². The number of benzene rings is 1. The Kier molecular flexibility index (Phi) is 4.01. The average Bonchev–Trinajstić information content (AvgIpc) is 3.34. The van der Waals surface area contributed by atoms with Crippen molar-refractivity contribution in [3.05, 3.63) is 64.9 Å². The van der Waals surface area contributed by atoms with Gasteiger partial charge in [0.15, 0.2) is 5.13 Å². The van der Waals surface area contributed by atoms with Gasteiger partial charge in [0.1, 0.15) is 0 Å². The molecule has 1 aromatic carbocycles. The minimum Gasteiger partial charge on any atom is -0.375 e. The van der Waals surface area contributed by atoms with Gasteiger partial charge in [-0.2, -0.15) is 5.10 Å². The van der Waals surface area contributed by atoms with E-state index < -0.39 is 0 Å². The molecule has 0 bridgehead atoms. The summed E-state index contributed by atoms with van der Waals surface area (Å²) in [6, 6.07) is 10.4. The average molecular weight is 353 g/mol. The molecule has 0 unspecified atom stereocenters. The van der Waals surface area contributed by atoms with Crippen LogP contribution in [-0.4, -0.2) is 39.1 Å². The van der Waals surface area contributed by atoms with Gasteiger partial charge in [-0.3, -0.25) is 9.89 Å². The van der Waals surface area contributed by atoms with E-state index in [4.69, 9.17) is 5.73 Å². The number of aromatic amines is 1. The number of H-pyrrole nitrogens is 1. The first-order chi connectivity index (χ1) is 12.2. The Bertz CT molecular complexity index is 851. The molecule has 0 spiro atoms. The fraction of sp³-hybridized carbons (Fsp3) is 0.278. The number of nitrogens with two attached hydrogens (primary N) is 1. The molecule has 1 saturated heterocycles. The largest absolute Gasteiger partial charge is 0.375 e. The lowest BCUT2D eigenvalue weighted by molar-refractivity contribution is 0.0684. The summed E-state index contributed by atoms with van der Waals surface area (Å²) in [4.78, 5) is 19.1. The number of carbonyl (C=O) groups excluding carboxylic acids is 1. The van der Waals surface area contributed by atoms with Crippen LogP contribution in [-0.2, 0) is 5.41 Å². The number of likely N-dealkylation sites (tertiary alicyclic amines) is 1. The lowest BCUT2D eigenvalue weighted by atomic mass is 9.70. The first-order valence-electron chi connectivity index (χ1n) is 8.24. The predicted octanol–water partition coefficient (Wildman–Crippen LogP) is 2.67. The standard InChI is InChI=1S/C18H19N5OS/c19-17-22-15(12-25-17)18(14-4-2-1-3-5-14)6-8-23(9-7-18)16(24)13-10-20-21-11-13/h1-5,10-12H,6-9H2,(H2,19,22)(H,20,21). The molecule has 7 heteroatoms. The molecule has 0 atom stereocenters. The second-order valence-corrected chi connectivity index (χ2v) is 7.19. The number of nitrogens with zero attached hydrogens (tertiary/aromatic N) is 3. The maximum atomic E-state index is 12.6. The van der Waals surface area contributed by atoms with Crippen LogP contribution in [0.3, 0.4) is 0 Å². The summed E-state index contributed by atoms with van der Waals surface area (Å²) < 4.78 is 0. The SMILES string of the molecule is Nc1nc(C2(c3ccccc3)CCN(C(=O)c3cn[nH]c3)CC2)cs1. The number of thiazole rings is 1. The topological polar surface area (TPSA) is 87.9 Å². The summed E-state index contributed by atoms with van der Waals surface area (Å²) in [5.41, 5.74) is 8.55. The molecular weight excluding hydrogens is 334 g/mol. The summed E-state index contributed by atoms with van der Waals surface area (Å²) in [6.45, 7) is 1.35. The summed E-state index contributed by atoms with van der Waals surface area (Å²) in [5.74, 6) is 0.0215. The molecule has 3 aromatic rings. The Hall–Kier alpha value is -2.67. The number of carbonyl (C=O) groups is 1. The van der Waals surface area contributed by atoms with Crippen molar-refractivity contribution in [2.24, 2.45) is 0 Å². The number of rotatable bonds is 3. The van der Waals surface area contributed by atoms with E-state index in [0.29, 0.717) is 23.8 Å². The van der Waals surface area contributed by atoms with E-state index >= 15 is 0 Å². The molecule has 1 aliphatic heterocycles. The summed E-state index contributed by atoms with van der Waals surface area (Å²) >= 11 is 1.47. The van der Waals surface area contributed by atoms with Crippen LogP contribution in [0.15, 0.2) is 48.1 Å². The van der Waals surface area contributed by atoms with Gasteiger partial charge in [-0.05, 0) is 18.4 Å². The molecule has 0 radical (unpaired) electrons. The lowest BCUT2D eigenvalue weighted by Gasteiger charge is -2.41. The first kappa shape index (κ1) is 15.8. The lowest BCUT2D eigenvalue weighted by Crippen LogP contribution is -2.45. The van der Waals surface area contributed by atoms with Crippen molar-refractivity contribution in [2.45, 2.75) is 18.3 Å². The second-order valence-electron chi connectivity index (χ2n) is 6.30. The number of aromatic nitrogens is 3. The molecule has 4 rings (SSSR count). The van der Waals surface area contributed by atoms with Crippen LogP contribution in [0.2, 0.25) is 0 Å². The Morgan fingerprint density at radius 3 is 2.60 bits per heavy atom. The third-order valence-electron chi connectivity index (χ3n) is 4.99. The van der Waals surface area contributed by atoms with Gasteiger partial charge in [-0.15, -0.1) is 11.3 Å². The minimum atomic E-state index is -0.192. The van der Waals surface area contributed by atoms with Crippen molar-refractivity contribution in [1.29, 1.82) is 0 Å². The fourth-order valence-corrected chi connectivity index (χ4v) is 4.26. The molecule has 1 fully saturated rings. The maximum Gasteiger partial charge on any atom is 0.257 e. The van der Waals surface area contributed by atoms with E-state index in [2.05, 4.69) is 44.8 Å². The first-order valence-corrected chi connectivity index (χ1v) is 9.12. The number of piperidine rings is 1. The maximum absolute atomic E-state index is 12.6. The van der Waals surface area contributed by atoms with Gasteiger partial charge < -0.3 is 10.6 Å². The summed E-state index contributed by atoms with van der Waals surface area (Å²) in [7, 11) is 0. The number of hydrogen-bond acceptors (Lipinski definition) is 5. The molecule has 3 N–H and O–H groups in total. The summed E-state index contributed by atoms with van der Waals surface area (Å²) in [5, 5.41) is 9.21. The van der Waals surface area contributed by atoms with Crippen LogP contribution in [0.1, 0.15) is 34.5 Å². The number of hydrogen-bond donors (Lipinski definition) is 2. The van der Waals surface area contributed by atoms with Crippen molar-refractivity contribution in [3.63, 3.8) is 0 Å². The quantitative estimate of drug-likeness (QED) is 0.758. The molecular formula is C18H19N5OS. The highest BCUT2D eigenvalue weighted by molar-refractivity contribution is 7.13. The highest BCUT2D eigenvalue weighted by Crippen LogP contribution is 2.42. The molecule has 0 aliphatic carbocycles. The normalized spacial score (nSPS) is 16.7. The second kappa shape index (κ2) is 6.33. The number of nitrogen functional groups attached to an aromatic ring is 1. The van der Waals surface area contributed by atoms with Gasteiger partial charge in [-0.1, -0.05) is 30.3 Å². The van der Waals surface area contributed by atoms with Crippen LogP contribution >= 0.6 is 11.3 Å². The van der Waals surface area contributed by atoms with E-state index in [1.165, 1.54) is 16.9 Å². The summed E-state index contributed by atoms with van der Waals surface area (Å²) in [6.07, 6.45) is 4.86. The molecule has 2 aromatic heterocycles. The Morgan fingerprint density at radius 2 is 2.00 bits per heavy atom. The monoisotopic (exact) mass is 353 g/mol. The number of nitrogens with one attached hydrogen (secondary N) is 1. The van der Waals surface area contributed by atoms with Crippen molar-refractivity contribution < 1.29 is 4.79 Å². The van der Waals surface area contributed by atoms with Gasteiger partial charge >= 0.3 is 0 Å². The zero-order valence-corrected chi connectivity index (χ0v) is 14.5. The predicted molar refractivity (Wildman–Crippen MR) is 97.5 cm³/mol. The molecule has 6 nitrogen and oxygen atoms in total. The van der Waals surface area contributed by atoms with Crippen LogP contribution in [0.5, 0.6) is 0 Å². The zero-order valence-electron chi connectivity index (χ0n) is 13.7. The van der Waals surface area contributed by atoms with Crippen molar-refractivity contribution in [2.75, 3.05) is 18.8 Å². The van der Waals surface area contributed by atoms with E-state index in [0.717, 1.165) is 18.5 Å². The van der Waals surface area contributed by atoms with E-state index in [1.54, 1.807) is 12.4 Å². The molecule has 1 amide bonds. The number of amides is 1. The van der Waals surface area contributed by atoms with E-state index in [-0.39, 0.29) is 11.3 Å². The molecule has 1 aliphatic rings. The van der Waals surface area contributed by atoms with E-state index in [1.807, 2.05) is 11.0 Å². The van der Waals surface area contributed by atoms with Crippen LogP contribution in [0.4, 0.5) is 5.13 Å². The Morgan fingerprint density at radius 1 is 1.24 bits per heavy atom. The zero-order chi connectivity index (χ0) is 17.3. The van der Waals surface area contributed by atoms with E-state index in [9.17, 15) is 4.79 Å². The van der Waals surface area contributed by atoms with Gasteiger partial charge in [-0.25, -0.2) is 4.98 Å². The minimum absolute atomic E-state index is 0.0215. The smallest absolute Gasteiger partial charge is 0.257 e. The van der Waals surface area contributed by atoms with Gasteiger partial charge in [0.2, 0.25) is 0 Å². The van der Waals surface area contributed by atoms with Crippen molar-refractivity contribution in [1.82, 2.24) is 20.1 Å². The molecule has 0 saturated carbocycles. The van der Waals surface area contributed by atoms with Gasteiger partial charge in [0.05, 0.1) is 17.5 Å². The molecule has 25 heavy (non-hydrogen) atoms. The molecule has 128 valence electrons. The third-order valence-corrected chi connectivity index (χ3v) is 5.66.